The molecule has 0 fully saturated rings. The Labute approximate surface area is 187 Å². The Morgan fingerprint density at radius 3 is 2.48 bits per heavy atom. The molecule has 4 nitrogen and oxygen atoms in total. The maximum absolute atomic E-state index is 5.81. The van der Waals surface area contributed by atoms with Crippen molar-refractivity contribution in [2.45, 2.75) is 16.9 Å². The third kappa shape index (κ3) is 3.38. The predicted molar refractivity (Wildman–Crippen MR) is 127 cm³/mol. The number of fused-ring (bicyclic) bond motifs is 3. The molecule has 158 valence electrons. The van der Waals surface area contributed by atoms with Crippen molar-refractivity contribution in [1.29, 1.82) is 0 Å². The molecule has 3 N–H and O–H groups in total. The summed E-state index contributed by atoms with van der Waals surface area (Å²) < 4.78 is 11.4. The van der Waals surface area contributed by atoms with Gasteiger partial charge in [-0.2, -0.15) is 0 Å². The molecule has 0 aliphatic carbocycles. The van der Waals surface area contributed by atoms with Crippen LogP contribution in [-0.4, -0.2) is 32.0 Å². The fraction of sp³-hybridized carbons (Fsp3) is 0.231. The summed E-state index contributed by atoms with van der Waals surface area (Å²) >= 11 is 1.78. The van der Waals surface area contributed by atoms with Crippen molar-refractivity contribution in [3.8, 4) is 11.5 Å². The van der Waals surface area contributed by atoms with E-state index in [1.54, 1.807) is 26.0 Å². The minimum atomic E-state index is 0.206. The lowest BCUT2D eigenvalue weighted by atomic mass is 9.82. The number of hydrogen-bond donors (Lipinski definition) is 2. The average Bonchev–Trinajstić information content (AvgIpc) is 3.23. The molecular formula is C26H27N2O2S+. The summed E-state index contributed by atoms with van der Waals surface area (Å²) in [5.74, 6) is 1.80. The molecule has 1 aromatic heterocycles. The monoisotopic (exact) mass is 431 g/mol. The van der Waals surface area contributed by atoms with Gasteiger partial charge >= 0.3 is 0 Å². The van der Waals surface area contributed by atoms with Crippen LogP contribution in [0.15, 0.2) is 71.6 Å². The highest BCUT2D eigenvalue weighted by Gasteiger charge is 2.37. The molecule has 2 atom stereocenters. The van der Waals surface area contributed by atoms with E-state index in [4.69, 9.17) is 9.47 Å². The lowest BCUT2D eigenvalue weighted by Gasteiger charge is -2.29. The maximum atomic E-state index is 5.81. The van der Waals surface area contributed by atoms with Crippen molar-refractivity contribution in [3.63, 3.8) is 0 Å². The number of quaternary nitrogens is 1. The van der Waals surface area contributed by atoms with Gasteiger partial charge in [0.2, 0.25) is 0 Å². The number of rotatable bonds is 5. The largest absolute Gasteiger partial charge is 0.493 e. The van der Waals surface area contributed by atoms with Crippen molar-refractivity contribution in [2.24, 2.45) is 0 Å². The highest BCUT2D eigenvalue weighted by molar-refractivity contribution is 7.98. The van der Waals surface area contributed by atoms with E-state index in [0.717, 1.165) is 18.0 Å². The van der Waals surface area contributed by atoms with Crippen LogP contribution in [0.5, 0.6) is 11.5 Å². The van der Waals surface area contributed by atoms with Crippen LogP contribution in [0.4, 0.5) is 0 Å². The van der Waals surface area contributed by atoms with Crippen molar-refractivity contribution < 1.29 is 14.8 Å². The number of nitrogens with two attached hydrogens (primary N) is 1. The number of para-hydroxylation sites is 2. The van der Waals surface area contributed by atoms with E-state index in [-0.39, 0.29) is 12.0 Å². The zero-order chi connectivity index (χ0) is 21.4. The van der Waals surface area contributed by atoms with Gasteiger partial charge in [-0.15, -0.1) is 11.8 Å². The van der Waals surface area contributed by atoms with E-state index in [1.807, 2.05) is 6.07 Å². The Bertz CT molecular complexity index is 1220. The van der Waals surface area contributed by atoms with Gasteiger partial charge in [0.15, 0.2) is 17.5 Å². The number of thioether (sulfide) groups is 1. The Morgan fingerprint density at radius 2 is 1.74 bits per heavy atom. The molecule has 4 aromatic rings. The number of benzene rings is 3. The summed E-state index contributed by atoms with van der Waals surface area (Å²) in [6, 6.07) is 24.0. The van der Waals surface area contributed by atoms with Crippen molar-refractivity contribution in [3.05, 3.63) is 89.1 Å². The molecule has 31 heavy (non-hydrogen) atoms. The minimum absolute atomic E-state index is 0.206. The predicted octanol–water partition coefficient (Wildman–Crippen LogP) is 4.71. The molecule has 0 spiro atoms. The molecule has 2 heterocycles. The number of H-pyrrole nitrogens is 1. The van der Waals surface area contributed by atoms with Gasteiger partial charge in [-0.1, -0.05) is 42.5 Å². The molecule has 1 aliphatic rings. The van der Waals surface area contributed by atoms with E-state index in [1.165, 1.54) is 38.2 Å². The lowest BCUT2D eigenvalue weighted by molar-refractivity contribution is -0.692. The van der Waals surface area contributed by atoms with Crippen molar-refractivity contribution >= 4 is 22.7 Å². The zero-order valence-corrected chi connectivity index (χ0v) is 18.8. The van der Waals surface area contributed by atoms with Crippen LogP contribution < -0.4 is 14.8 Å². The summed E-state index contributed by atoms with van der Waals surface area (Å²) in [6.07, 6.45) is 2.11. The van der Waals surface area contributed by atoms with Gasteiger partial charge in [0.25, 0.3) is 0 Å². The summed E-state index contributed by atoms with van der Waals surface area (Å²) in [5, 5.41) is 3.72. The molecule has 0 unspecified atom stereocenters. The Morgan fingerprint density at radius 1 is 0.935 bits per heavy atom. The third-order valence-electron chi connectivity index (χ3n) is 6.33. The third-order valence-corrected chi connectivity index (χ3v) is 7.07. The Kier molecular flexibility index (Phi) is 5.38. The molecule has 0 radical (unpaired) electrons. The Balaban J connectivity index is 1.68. The van der Waals surface area contributed by atoms with Gasteiger partial charge in [0.05, 0.1) is 32.4 Å². The van der Waals surface area contributed by atoms with E-state index in [9.17, 15) is 0 Å². The second kappa shape index (κ2) is 8.33. The smallest absolute Gasteiger partial charge is 0.164 e. The molecule has 3 aromatic carbocycles. The van der Waals surface area contributed by atoms with Gasteiger partial charge < -0.3 is 19.8 Å². The topological polar surface area (TPSA) is 50.9 Å². The van der Waals surface area contributed by atoms with Crippen LogP contribution >= 0.6 is 11.8 Å². The Hall–Kier alpha value is -2.89. The SMILES string of the molecule is COc1cccc([C@@H]2C[NH2+][C@H](c3ccc(SC)cc3)c3[nH]c4ccccc4c32)c1OC. The number of hydrogen-bond acceptors (Lipinski definition) is 3. The fourth-order valence-corrected chi connectivity index (χ4v) is 5.30. The van der Waals surface area contributed by atoms with Gasteiger partial charge in [0, 0.05) is 32.5 Å². The molecule has 5 rings (SSSR count). The molecule has 0 amide bonds. The molecule has 0 saturated carbocycles. The van der Waals surface area contributed by atoms with Gasteiger partial charge in [-0.25, -0.2) is 0 Å². The van der Waals surface area contributed by atoms with Crippen LogP contribution in [0, 0.1) is 0 Å². The van der Waals surface area contributed by atoms with Crippen LogP contribution in [0.2, 0.25) is 0 Å². The molecule has 1 aliphatic heterocycles. The van der Waals surface area contributed by atoms with E-state index >= 15 is 0 Å². The van der Waals surface area contributed by atoms with Crippen LogP contribution in [-0.2, 0) is 0 Å². The minimum Gasteiger partial charge on any atom is -0.493 e. The fourth-order valence-electron chi connectivity index (χ4n) is 4.90. The number of methoxy groups -OCH3 is 2. The lowest BCUT2D eigenvalue weighted by Crippen LogP contribution is -2.88. The van der Waals surface area contributed by atoms with E-state index in [0.29, 0.717) is 0 Å². The first kappa shape index (κ1) is 20.0. The average molecular weight is 432 g/mol. The summed E-state index contributed by atoms with van der Waals surface area (Å²) in [4.78, 5) is 5.04. The highest BCUT2D eigenvalue weighted by Crippen LogP contribution is 2.44. The van der Waals surface area contributed by atoms with E-state index in [2.05, 4.69) is 77.2 Å². The normalized spacial score (nSPS) is 18.0. The summed E-state index contributed by atoms with van der Waals surface area (Å²) in [7, 11) is 3.42. The number of aromatic nitrogens is 1. The highest BCUT2D eigenvalue weighted by atomic mass is 32.2. The quantitative estimate of drug-likeness (QED) is 0.450. The van der Waals surface area contributed by atoms with Crippen LogP contribution in [0.1, 0.15) is 34.3 Å². The second-order valence-corrected chi connectivity index (χ2v) is 8.74. The van der Waals surface area contributed by atoms with Crippen LogP contribution in [0.25, 0.3) is 10.9 Å². The second-order valence-electron chi connectivity index (χ2n) is 7.86. The zero-order valence-electron chi connectivity index (χ0n) is 18.0. The first-order valence-electron chi connectivity index (χ1n) is 10.5. The molecule has 0 bridgehead atoms. The number of ether oxygens (including phenoxy) is 2. The van der Waals surface area contributed by atoms with E-state index < -0.39 is 0 Å². The van der Waals surface area contributed by atoms with Crippen LogP contribution in [0.3, 0.4) is 0 Å². The summed E-state index contributed by atoms with van der Waals surface area (Å²) in [6.45, 7) is 0.938. The summed E-state index contributed by atoms with van der Waals surface area (Å²) in [5.41, 5.74) is 6.31. The first-order chi connectivity index (χ1) is 15.2. The number of aromatic amines is 1. The van der Waals surface area contributed by atoms with Crippen molar-refractivity contribution in [2.75, 3.05) is 27.0 Å². The number of nitrogens with one attached hydrogen (secondary N) is 1. The van der Waals surface area contributed by atoms with Crippen molar-refractivity contribution in [1.82, 2.24) is 4.98 Å². The maximum Gasteiger partial charge on any atom is 0.164 e. The first-order valence-corrected chi connectivity index (χ1v) is 11.8. The standard InChI is InChI=1S/C26H26N2O2S/c1-29-22-10-6-8-18(26(22)30-2)20-15-27-24(16-11-13-17(31-3)14-12-16)25-23(20)19-7-4-5-9-21(19)28-25/h4-14,20,24,27-28H,15H2,1-3H3/p+1/t20-,24+/m0/s1. The molecule has 0 saturated heterocycles. The van der Waals surface area contributed by atoms with Gasteiger partial charge in [0.1, 0.15) is 0 Å². The van der Waals surface area contributed by atoms with Gasteiger partial charge in [-0.05, 0) is 30.5 Å². The molecular weight excluding hydrogens is 404 g/mol. The van der Waals surface area contributed by atoms with Gasteiger partial charge in [-0.3, -0.25) is 0 Å². The molecule has 5 heteroatoms.